The standard InChI is InChI=1S/C13H13ClFNO2/c1-8(17)12(18)16-7-13(4-5-13)10-3-2-9(14)6-11(10)15/h2-3,6H,4-5,7H2,1H3,(H,16,18). The lowest BCUT2D eigenvalue weighted by Gasteiger charge is -2.17. The fraction of sp³-hybridized carbons (Fsp3) is 0.385. The SMILES string of the molecule is CC(=O)C(=O)NCC1(c2ccc(Cl)cc2F)CC1. The predicted molar refractivity (Wildman–Crippen MR) is 66.0 cm³/mol. The first-order valence-electron chi connectivity index (χ1n) is 5.69. The van der Waals surface area contributed by atoms with Crippen molar-refractivity contribution >= 4 is 23.3 Å². The van der Waals surface area contributed by atoms with E-state index >= 15 is 0 Å². The van der Waals surface area contributed by atoms with Crippen LogP contribution in [0.25, 0.3) is 0 Å². The number of carbonyl (C=O) groups is 2. The molecule has 2 rings (SSSR count). The van der Waals surface area contributed by atoms with Gasteiger partial charge in [0, 0.05) is 23.9 Å². The highest BCUT2D eigenvalue weighted by molar-refractivity contribution is 6.35. The molecule has 3 nitrogen and oxygen atoms in total. The number of Topliss-reactive ketones (excluding diaryl/α,β-unsaturated/α-hetero) is 1. The molecule has 0 unspecified atom stereocenters. The molecule has 1 aliphatic rings. The van der Waals surface area contributed by atoms with Gasteiger partial charge in [-0.3, -0.25) is 9.59 Å². The summed E-state index contributed by atoms with van der Waals surface area (Å²) < 4.78 is 13.8. The highest BCUT2D eigenvalue weighted by Crippen LogP contribution is 2.48. The maximum absolute atomic E-state index is 13.8. The summed E-state index contributed by atoms with van der Waals surface area (Å²) in [6.45, 7) is 1.49. The molecule has 0 saturated heterocycles. The molecule has 0 aromatic heterocycles. The maximum Gasteiger partial charge on any atom is 0.287 e. The number of benzene rings is 1. The summed E-state index contributed by atoms with van der Waals surface area (Å²) in [5.74, 6) is -1.53. The average molecular weight is 270 g/mol. The van der Waals surface area contributed by atoms with Gasteiger partial charge in [-0.15, -0.1) is 0 Å². The van der Waals surface area contributed by atoms with Gasteiger partial charge in [0.1, 0.15) is 5.82 Å². The van der Waals surface area contributed by atoms with Crippen LogP contribution < -0.4 is 5.32 Å². The summed E-state index contributed by atoms with van der Waals surface area (Å²) in [5, 5.41) is 2.88. The lowest BCUT2D eigenvalue weighted by atomic mass is 9.95. The van der Waals surface area contributed by atoms with Gasteiger partial charge in [-0.05, 0) is 30.5 Å². The van der Waals surface area contributed by atoms with Gasteiger partial charge in [-0.25, -0.2) is 4.39 Å². The summed E-state index contributed by atoms with van der Waals surface area (Å²) in [6.07, 6.45) is 1.59. The molecule has 96 valence electrons. The van der Waals surface area contributed by atoms with Crippen molar-refractivity contribution in [2.75, 3.05) is 6.54 Å². The Morgan fingerprint density at radius 1 is 1.44 bits per heavy atom. The molecule has 1 aromatic carbocycles. The Kier molecular flexibility index (Phi) is 3.39. The van der Waals surface area contributed by atoms with Crippen LogP contribution in [0, 0.1) is 5.82 Å². The van der Waals surface area contributed by atoms with Crippen molar-refractivity contribution < 1.29 is 14.0 Å². The van der Waals surface area contributed by atoms with Gasteiger partial charge in [0.05, 0.1) is 0 Å². The van der Waals surface area contributed by atoms with Crippen LogP contribution in [-0.2, 0) is 15.0 Å². The third-order valence-corrected chi connectivity index (χ3v) is 3.50. The average Bonchev–Trinajstić information content (AvgIpc) is 3.06. The number of hydrogen-bond donors (Lipinski definition) is 1. The smallest absolute Gasteiger partial charge is 0.287 e. The Balaban J connectivity index is 2.12. The second-order valence-electron chi connectivity index (χ2n) is 4.64. The fourth-order valence-electron chi connectivity index (χ4n) is 1.99. The number of halogens is 2. The van der Waals surface area contributed by atoms with E-state index in [-0.39, 0.29) is 17.8 Å². The van der Waals surface area contributed by atoms with E-state index in [1.165, 1.54) is 13.0 Å². The summed E-state index contributed by atoms with van der Waals surface area (Å²) in [4.78, 5) is 22.0. The Bertz CT molecular complexity index is 512. The Morgan fingerprint density at radius 2 is 2.11 bits per heavy atom. The van der Waals surface area contributed by atoms with E-state index < -0.39 is 11.7 Å². The van der Waals surface area contributed by atoms with Gasteiger partial charge < -0.3 is 5.32 Å². The van der Waals surface area contributed by atoms with Crippen LogP contribution in [0.15, 0.2) is 18.2 Å². The lowest BCUT2D eigenvalue weighted by molar-refractivity contribution is -0.136. The molecular formula is C13H13ClFNO2. The van der Waals surface area contributed by atoms with E-state index in [4.69, 9.17) is 11.6 Å². The predicted octanol–water partition coefficient (Wildman–Crippen LogP) is 2.22. The highest BCUT2D eigenvalue weighted by Gasteiger charge is 2.46. The zero-order valence-electron chi connectivity index (χ0n) is 9.93. The molecule has 1 fully saturated rings. The molecule has 0 heterocycles. The molecule has 1 aromatic rings. The van der Waals surface area contributed by atoms with Crippen LogP contribution in [-0.4, -0.2) is 18.2 Å². The zero-order chi connectivity index (χ0) is 13.3. The minimum atomic E-state index is -0.629. The topological polar surface area (TPSA) is 46.2 Å². The highest BCUT2D eigenvalue weighted by atomic mass is 35.5. The number of amides is 1. The number of carbonyl (C=O) groups excluding carboxylic acids is 2. The van der Waals surface area contributed by atoms with Crippen LogP contribution >= 0.6 is 11.6 Å². The summed E-state index contributed by atoms with van der Waals surface area (Å²) in [6, 6.07) is 4.54. The first kappa shape index (κ1) is 13.0. The van der Waals surface area contributed by atoms with Crippen LogP contribution in [0.5, 0.6) is 0 Å². The van der Waals surface area contributed by atoms with Gasteiger partial charge in [-0.2, -0.15) is 0 Å². The van der Waals surface area contributed by atoms with E-state index in [1.54, 1.807) is 12.1 Å². The van der Waals surface area contributed by atoms with Crippen LogP contribution in [0.3, 0.4) is 0 Å². The van der Waals surface area contributed by atoms with Gasteiger partial charge in [-0.1, -0.05) is 17.7 Å². The van der Waals surface area contributed by atoms with E-state index in [2.05, 4.69) is 5.32 Å². The minimum absolute atomic E-state index is 0.282. The summed E-state index contributed by atoms with van der Waals surface area (Å²) in [7, 11) is 0. The molecule has 0 radical (unpaired) electrons. The Labute approximate surface area is 109 Å². The molecule has 1 amide bonds. The molecule has 0 aliphatic heterocycles. The third-order valence-electron chi connectivity index (χ3n) is 3.26. The van der Waals surface area contributed by atoms with Crippen molar-refractivity contribution in [1.82, 2.24) is 5.32 Å². The van der Waals surface area contributed by atoms with E-state index in [1.807, 2.05) is 0 Å². The third kappa shape index (κ3) is 2.53. The van der Waals surface area contributed by atoms with E-state index in [0.29, 0.717) is 10.6 Å². The van der Waals surface area contributed by atoms with Crippen molar-refractivity contribution in [3.05, 3.63) is 34.6 Å². The van der Waals surface area contributed by atoms with Crippen molar-refractivity contribution in [2.45, 2.75) is 25.2 Å². The van der Waals surface area contributed by atoms with Crippen LogP contribution in [0.1, 0.15) is 25.3 Å². The molecular weight excluding hydrogens is 257 g/mol. The molecule has 18 heavy (non-hydrogen) atoms. The maximum atomic E-state index is 13.8. The molecule has 1 N–H and O–H groups in total. The van der Waals surface area contributed by atoms with E-state index in [0.717, 1.165) is 12.8 Å². The monoisotopic (exact) mass is 269 g/mol. The van der Waals surface area contributed by atoms with Crippen LogP contribution in [0.4, 0.5) is 4.39 Å². The largest absolute Gasteiger partial charge is 0.349 e. The lowest BCUT2D eigenvalue weighted by Crippen LogP contribution is -2.36. The minimum Gasteiger partial charge on any atom is -0.349 e. The van der Waals surface area contributed by atoms with Gasteiger partial charge in [0.25, 0.3) is 5.91 Å². The normalized spacial score (nSPS) is 16.2. The summed E-state index contributed by atoms with van der Waals surface area (Å²) in [5.41, 5.74) is 0.176. The second-order valence-corrected chi connectivity index (χ2v) is 5.08. The van der Waals surface area contributed by atoms with Crippen LogP contribution in [0.2, 0.25) is 5.02 Å². The zero-order valence-corrected chi connectivity index (χ0v) is 10.7. The van der Waals surface area contributed by atoms with Gasteiger partial charge in [0.2, 0.25) is 5.78 Å². The van der Waals surface area contributed by atoms with Crippen molar-refractivity contribution in [3.63, 3.8) is 0 Å². The number of ketones is 1. The molecule has 0 spiro atoms. The van der Waals surface area contributed by atoms with Gasteiger partial charge >= 0.3 is 0 Å². The Hall–Kier alpha value is -1.42. The molecule has 1 aliphatic carbocycles. The van der Waals surface area contributed by atoms with Crippen molar-refractivity contribution in [1.29, 1.82) is 0 Å². The second kappa shape index (κ2) is 4.69. The molecule has 5 heteroatoms. The number of hydrogen-bond acceptors (Lipinski definition) is 2. The fourth-order valence-corrected chi connectivity index (χ4v) is 2.14. The van der Waals surface area contributed by atoms with Crippen molar-refractivity contribution in [3.8, 4) is 0 Å². The molecule has 0 atom stereocenters. The van der Waals surface area contributed by atoms with Crippen molar-refractivity contribution in [2.24, 2.45) is 0 Å². The van der Waals surface area contributed by atoms with E-state index in [9.17, 15) is 14.0 Å². The number of nitrogens with one attached hydrogen (secondary N) is 1. The first-order valence-corrected chi connectivity index (χ1v) is 6.07. The summed E-state index contributed by atoms with van der Waals surface area (Å²) >= 11 is 5.70. The first-order chi connectivity index (χ1) is 8.44. The number of rotatable bonds is 4. The molecule has 0 bridgehead atoms. The quantitative estimate of drug-likeness (QED) is 0.852. The van der Waals surface area contributed by atoms with Gasteiger partial charge in [0.15, 0.2) is 0 Å². The molecule has 1 saturated carbocycles. The Morgan fingerprint density at radius 3 is 2.61 bits per heavy atom.